The Morgan fingerprint density at radius 2 is 1.00 bits per heavy atom. The highest BCUT2D eigenvalue weighted by Crippen LogP contribution is 2.33. The lowest BCUT2D eigenvalue weighted by Crippen LogP contribution is -2.04. The zero-order chi connectivity index (χ0) is 22.7. The van der Waals surface area contributed by atoms with Crippen molar-refractivity contribution in [3.8, 4) is 22.8 Å². The molecule has 0 saturated carbocycles. The van der Waals surface area contributed by atoms with Gasteiger partial charge in [-0.05, 0) is 42.5 Å². The minimum Gasteiger partial charge on any atom is -0.338 e. The number of hydrogen-bond donors (Lipinski definition) is 2. The molecule has 0 atom stereocenters. The van der Waals surface area contributed by atoms with E-state index in [1.54, 1.807) is 24.3 Å². The molecule has 0 aliphatic carbocycles. The third-order valence-corrected chi connectivity index (χ3v) is 5.03. The molecule has 162 valence electrons. The number of alkyl halides is 6. The fourth-order valence-corrected chi connectivity index (χ4v) is 3.46. The Kier molecular flexibility index (Phi) is 4.30. The van der Waals surface area contributed by atoms with Gasteiger partial charge in [0.15, 0.2) is 0 Å². The molecule has 0 radical (unpaired) electrons. The van der Waals surface area contributed by atoms with E-state index in [1.807, 2.05) is 0 Å². The summed E-state index contributed by atoms with van der Waals surface area (Å²) in [6.07, 6.45) is -8.93. The molecule has 3 aromatic carbocycles. The molecule has 32 heavy (non-hydrogen) atoms. The van der Waals surface area contributed by atoms with Crippen LogP contribution in [-0.2, 0) is 12.4 Å². The van der Waals surface area contributed by atoms with Gasteiger partial charge in [0.2, 0.25) is 0 Å². The molecule has 2 heterocycles. The molecule has 5 rings (SSSR count). The van der Waals surface area contributed by atoms with Crippen molar-refractivity contribution in [2.45, 2.75) is 12.4 Å². The molecular weight excluding hydrogens is 434 g/mol. The number of halogens is 6. The number of imidazole rings is 2. The summed E-state index contributed by atoms with van der Waals surface area (Å²) in [5.41, 5.74) is 0.840. The summed E-state index contributed by atoms with van der Waals surface area (Å²) in [4.78, 5) is 14.5. The number of hydrogen-bond acceptors (Lipinski definition) is 2. The normalized spacial score (nSPS) is 12.7. The van der Waals surface area contributed by atoms with Crippen LogP contribution in [0.1, 0.15) is 11.1 Å². The number of H-pyrrole nitrogens is 2. The van der Waals surface area contributed by atoms with Crippen LogP contribution >= 0.6 is 0 Å². The van der Waals surface area contributed by atoms with E-state index < -0.39 is 23.5 Å². The maximum atomic E-state index is 13.0. The van der Waals surface area contributed by atoms with Gasteiger partial charge in [-0.25, -0.2) is 9.97 Å². The van der Waals surface area contributed by atoms with Gasteiger partial charge in [0.05, 0.1) is 33.2 Å². The Morgan fingerprint density at radius 1 is 0.562 bits per heavy atom. The first kappa shape index (κ1) is 20.1. The summed E-state index contributed by atoms with van der Waals surface area (Å²) >= 11 is 0. The largest absolute Gasteiger partial charge is 0.416 e. The van der Waals surface area contributed by atoms with Crippen LogP contribution < -0.4 is 0 Å². The van der Waals surface area contributed by atoms with Gasteiger partial charge in [-0.15, -0.1) is 0 Å². The molecule has 2 aromatic heterocycles. The molecule has 0 bridgehead atoms. The minimum absolute atomic E-state index is 0.239. The van der Waals surface area contributed by atoms with E-state index in [-0.39, 0.29) is 11.0 Å². The molecule has 4 nitrogen and oxygen atoms in total. The Bertz CT molecular complexity index is 1350. The summed E-state index contributed by atoms with van der Waals surface area (Å²) in [5.74, 6) is 0.716. The number of rotatable bonds is 2. The predicted molar refractivity (Wildman–Crippen MR) is 107 cm³/mol. The zero-order valence-electron chi connectivity index (χ0n) is 15.9. The van der Waals surface area contributed by atoms with E-state index in [4.69, 9.17) is 0 Å². The molecule has 0 fully saturated rings. The number of aromatic nitrogens is 4. The summed E-state index contributed by atoms with van der Waals surface area (Å²) in [6.45, 7) is 0. The second-order valence-electron chi connectivity index (χ2n) is 7.21. The number of nitrogens with zero attached hydrogens (tertiary/aromatic N) is 2. The van der Waals surface area contributed by atoms with Crippen molar-refractivity contribution in [2.24, 2.45) is 0 Å². The second-order valence-corrected chi connectivity index (χ2v) is 7.21. The minimum atomic E-state index is -4.47. The lowest BCUT2D eigenvalue weighted by atomic mass is 10.1. The van der Waals surface area contributed by atoms with Crippen molar-refractivity contribution >= 4 is 22.1 Å². The third-order valence-electron chi connectivity index (χ3n) is 5.03. The molecule has 2 N–H and O–H groups in total. The average Bonchev–Trinajstić information content (AvgIpc) is 3.35. The Hall–Kier alpha value is -3.82. The number of fused-ring (bicyclic) bond motifs is 2. The van der Waals surface area contributed by atoms with Gasteiger partial charge in [0.25, 0.3) is 0 Å². The van der Waals surface area contributed by atoms with Gasteiger partial charge < -0.3 is 9.97 Å². The topological polar surface area (TPSA) is 57.4 Å². The number of benzene rings is 3. The highest BCUT2D eigenvalue weighted by molar-refractivity contribution is 5.83. The average molecular weight is 446 g/mol. The molecular formula is C22H12F6N4. The van der Waals surface area contributed by atoms with E-state index >= 15 is 0 Å². The third kappa shape index (κ3) is 3.57. The van der Waals surface area contributed by atoms with E-state index in [0.29, 0.717) is 33.8 Å². The quantitative estimate of drug-likeness (QED) is 0.293. The van der Waals surface area contributed by atoms with Gasteiger partial charge in [0, 0.05) is 11.1 Å². The van der Waals surface area contributed by atoms with Crippen LogP contribution in [0.4, 0.5) is 26.3 Å². The highest BCUT2D eigenvalue weighted by Gasteiger charge is 2.31. The predicted octanol–water partition coefficient (Wildman–Crippen LogP) is 6.81. The molecule has 0 aliphatic rings. The van der Waals surface area contributed by atoms with Gasteiger partial charge in [0.1, 0.15) is 11.6 Å². The zero-order valence-corrected chi connectivity index (χ0v) is 15.9. The fourth-order valence-electron chi connectivity index (χ4n) is 3.46. The van der Waals surface area contributed by atoms with Crippen LogP contribution in [-0.4, -0.2) is 19.9 Å². The first-order valence-electron chi connectivity index (χ1n) is 9.33. The molecule has 0 amide bonds. The first-order valence-corrected chi connectivity index (χ1v) is 9.33. The van der Waals surface area contributed by atoms with E-state index in [2.05, 4.69) is 19.9 Å². The van der Waals surface area contributed by atoms with Crippen LogP contribution in [0.25, 0.3) is 44.8 Å². The SMILES string of the molecule is FC(F)(F)c1ccc2nc(-c3cccc(-c4nc5ccc(C(F)(F)F)cc5[nH]4)c3)[nH]c2c1. The first-order chi connectivity index (χ1) is 15.1. The summed E-state index contributed by atoms with van der Waals surface area (Å²) in [7, 11) is 0. The lowest BCUT2D eigenvalue weighted by Gasteiger charge is -2.05. The summed E-state index contributed by atoms with van der Waals surface area (Å²) in [6, 6.07) is 13.3. The van der Waals surface area contributed by atoms with E-state index in [0.717, 1.165) is 24.3 Å². The Balaban J connectivity index is 1.53. The maximum absolute atomic E-state index is 13.0. The summed E-state index contributed by atoms with van der Waals surface area (Å²) in [5, 5.41) is 0. The van der Waals surface area contributed by atoms with Crippen molar-refractivity contribution in [1.82, 2.24) is 19.9 Å². The number of aromatic amines is 2. The smallest absolute Gasteiger partial charge is 0.338 e. The van der Waals surface area contributed by atoms with Crippen LogP contribution in [0, 0.1) is 0 Å². The van der Waals surface area contributed by atoms with Crippen LogP contribution in [0.15, 0.2) is 60.7 Å². The lowest BCUT2D eigenvalue weighted by molar-refractivity contribution is -0.138. The van der Waals surface area contributed by atoms with Crippen LogP contribution in [0.5, 0.6) is 0 Å². The standard InChI is InChI=1S/C22H12F6N4/c23-21(24,25)13-4-6-15-17(9-13)31-19(29-15)11-2-1-3-12(8-11)20-30-16-7-5-14(22(26,27)28)10-18(16)32-20/h1-10H,(H,29,31)(H,30,32). The molecule has 10 heteroatoms. The van der Waals surface area contributed by atoms with Gasteiger partial charge in [-0.1, -0.05) is 18.2 Å². The van der Waals surface area contributed by atoms with Gasteiger partial charge in [-0.2, -0.15) is 26.3 Å². The maximum Gasteiger partial charge on any atom is 0.416 e. The fraction of sp³-hybridized carbons (Fsp3) is 0.0909. The Labute approximate surface area is 175 Å². The Morgan fingerprint density at radius 3 is 1.41 bits per heavy atom. The van der Waals surface area contributed by atoms with E-state index in [9.17, 15) is 26.3 Å². The number of nitrogens with one attached hydrogen (secondary N) is 2. The van der Waals surface area contributed by atoms with Crippen LogP contribution in [0.3, 0.4) is 0 Å². The monoisotopic (exact) mass is 446 g/mol. The summed E-state index contributed by atoms with van der Waals surface area (Å²) < 4.78 is 77.7. The van der Waals surface area contributed by atoms with Crippen molar-refractivity contribution in [2.75, 3.05) is 0 Å². The molecule has 5 aromatic rings. The van der Waals surface area contributed by atoms with Crippen molar-refractivity contribution in [3.63, 3.8) is 0 Å². The van der Waals surface area contributed by atoms with Gasteiger partial charge >= 0.3 is 12.4 Å². The van der Waals surface area contributed by atoms with Crippen molar-refractivity contribution < 1.29 is 26.3 Å². The van der Waals surface area contributed by atoms with Crippen molar-refractivity contribution in [3.05, 3.63) is 71.8 Å². The van der Waals surface area contributed by atoms with Gasteiger partial charge in [-0.3, -0.25) is 0 Å². The van der Waals surface area contributed by atoms with E-state index in [1.165, 1.54) is 12.1 Å². The molecule has 0 spiro atoms. The second kappa shape index (κ2) is 6.84. The van der Waals surface area contributed by atoms with Crippen LogP contribution in [0.2, 0.25) is 0 Å². The highest BCUT2D eigenvalue weighted by atomic mass is 19.4. The molecule has 0 saturated heterocycles. The van der Waals surface area contributed by atoms with Crippen molar-refractivity contribution in [1.29, 1.82) is 0 Å². The molecule has 0 aliphatic heterocycles. The molecule has 0 unspecified atom stereocenters.